The third-order valence-corrected chi connectivity index (χ3v) is 4.29. The molecule has 0 aromatic rings. The number of likely N-dealkylation sites (N-methyl/N-ethyl adjacent to an activating group) is 1. The number of ether oxygens (including phenoxy) is 2. The molecule has 5 heteroatoms. The molecule has 2 unspecified atom stereocenters. The van der Waals surface area contributed by atoms with Crippen LogP contribution >= 0.6 is 11.8 Å². The van der Waals surface area contributed by atoms with Gasteiger partial charge in [-0.2, -0.15) is 11.8 Å². The summed E-state index contributed by atoms with van der Waals surface area (Å²) in [6.45, 7) is 8.04. The Hall–Kier alpha value is -0.260. The predicted octanol–water partition coefficient (Wildman–Crippen LogP) is 1.25. The van der Waals surface area contributed by atoms with Crippen molar-refractivity contribution in [1.29, 1.82) is 0 Å². The molecule has 0 saturated carbocycles. The molecule has 1 saturated heterocycles. The van der Waals surface area contributed by atoms with E-state index in [1.807, 2.05) is 6.92 Å². The minimum absolute atomic E-state index is 0.0316. The van der Waals surface area contributed by atoms with Crippen molar-refractivity contribution in [3.05, 3.63) is 0 Å². The third kappa shape index (κ3) is 5.27. The van der Waals surface area contributed by atoms with E-state index in [2.05, 4.69) is 11.8 Å². The maximum Gasteiger partial charge on any atom is 0.309 e. The van der Waals surface area contributed by atoms with Crippen molar-refractivity contribution in [3.8, 4) is 0 Å². The molecule has 0 spiro atoms. The second-order valence-corrected chi connectivity index (χ2v) is 5.42. The number of esters is 1. The van der Waals surface area contributed by atoms with Crippen LogP contribution in [0.5, 0.6) is 0 Å². The Labute approximate surface area is 108 Å². The van der Waals surface area contributed by atoms with Crippen LogP contribution in [0.2, 0.25) is 0 Å². The lowest BCUT2D eigenvalue weighted by molar-refractivity contribution is -0.144. The SMILES string of the molecule is CCN1CCOC(CSCC(C)C(=O)OC)C1. The number of carbonyl (C=O) groups excluding carboxylic acids is 1. The van der Waals surface area contributed by atoms with Crippen LogP contribution in [-0.4, -0.2) is 61.8 Å². The zero-order valence-electron chi connectivity index (χ0n) is 11.0. The molecule has 2 atom stereocenters. The summed E-state index contributed by atoms with van der Waals surface area (Å²) in [5.74, 6) is 1.60. The summed E-state index contributed by atoms with van der Waals surface area (Å²) in [7, 11) is 1.44. The van der Waals surface area contributed by atoms with E-state index < -0.39 is 0 Å². The molecule has 4 nitrogen and oxygen atoms in total. The van der Waals surface area contributed by atoms with Gasteiger partial charge in [-0.3, -0.25) is 9.69 Å². The molecule has 0 aromatic carbocycles. The normalized spacial score (nSPS) is 23.4. The molecule has 1 heterocycles. The predicted molar refractivity (Wildman–Crippen MR) is 70.4 cm³/mol. The first-order chi connectivity index (χ1) is 8.17. The fourth-order valence-corrected chi connectivity index (χ4v) is 2.90. The Kier molecular flexibility index (Phi) is 6.92. The highest BCUT2D eigenvalue weighted by molar-refractivity contribution is 7.99. The lowest BCUT2D eigenvalue weighted by Crippen LogP contribution is -2.43. The third-order valence-electron chi connectivity index (χ3n) is 2.95. The fraction of sp³-hybridized carbons (Fsp3) is 0.917. The van der Waals surface area contributed by atoms with Crippen LogP contribution in [0.25, 0.3) is 0 Å². The summed E-state index contributed by atoms with van der Waals surface area (Å²) in [4.78, 5) is 13.6. The highest BCUT2D eigenvalue weighted by Crippen LogP contribution is 2.15. The zero-order chi connectivity index (χ0) is 12.7. The van der Waals surface area contributed by atoms with E-state index in [1.54, 1.807) is 11.8 Å². The Morgan fingerprint density at radius 3 is 3.06 bits per heavy atom. The van der Waals surface area contributed by atoms with Crippen molar-refractivity contribution in [2.24, 2.45) is 5.92 Å². The topological polar surface area (TPSA) is 38.8 Å². The summed E-state index contributed by atoms with van der Waals surface area (Å²) >= 11 is 1.77. The molecule has 0 N–H and O–H groups in total. The molecule has 17 heavy (non-hydrogen) atoms. The fourth-order valence-electron chi connectivity index (χ4n) is 1.81. The number of hydrogen-bond acceptors (Lipinski definition) is 5. The smallest absolute Gasteiger partial charge is 0.309 e. The van der Waals surface area contributed by atoms with Crippen LogP contribution in [-0.2, 0) is 14.3 Å². The molecular formula is C12H23NO3S. The summed E-state index contributed by atoms with van der Waals surface area (Å²) in [6, 6.07) is 0. The van der Waals surface area contributed by atoms with Gasteiger partial charge in [-0.05, 0) is 6.54 Å². The molecule has 0 radical (unpaired) electrons. The van der Waals surface area contributed by atoms with E-state index in [-0.39, 0.29) is 11.9 Å². The number of rotatable bonds is 6. The first-order valence-corrected chi connectivity index (χ1v) is 7.32. The minimum atomic E-state index is -0.128. The minimum Gasteiger partial charge on any atom is -0.469 e. The average molecular weight is 261 g/mol. The number of thioether (sulfide) groups is 1. The van der Waals surface area contributed by atoms with Gasteiger partial charge in [0.25, 0.3) is 0 Å². The molecule has 1 aliphatic heterocycles. The second kappa shape index (κ2) is 7.95. The highest BCUT2D eigenvalue weighted by Gasteiger charge is 2.20. The van der Waals surface area contributed by atoms with Crippen molar-refractivity contribution in [2.45, 2.75) is 20.0 Å². The monoisotopic (exact) mass is 261 g/mol. The first kappa shape index (κ1) is 14.8. The van der Waals surface area contributed by atoms with Crippen molar-refractivity contribution in [1.82, 2.24) is 4.90 Å². The molecule has 1 fully saturated rings. The maximum atomic E-state index is 11.2. The first-order valence-electron chi connectivity index (χ1n) is 6.16. The van der Waals surface area contributed by atoms with Crippen LogP contribution in [0.15, 0.2) is 0 Å². The highest BCUT2D eigenvalue weighted by atomic mass is 32.2. The number of morpholine rings is 1. The second-order valence-electron chi connectivity index (χ2n) is 4.35. The van der Waals surface area contributed by atoms with E-state index in [1.165, 1.54) is 7.11 Å². The number of methoxy groups -OCH3 is 1. The molecule has 1 aliphatic rings. The molecule has 100 valence electrons. The van der Waals surface area contributed by atoms with E-state index >= 15 is 0 Å². The van der Waals surface area contributed by atoms with Crippen molar-refractivity contribution < 1.29 is 14.3 Å². The van der Waals surface area contributed by atoms with Gasteiger partial charge < -0.3 is 9.47 Å². The van der Waals surface area contributed by atoms with Gasteiger partial charge in [0.2, 0.25) is 0 Å². The lowest BCUT2D eigenvalue weighted by Gasteiger charge is -2.32. The van der Waals surface area contributed by atoms with Crippen LogP contribution in [0.1, 0.15) is 13.8 Å². The van der Waals surface area contributed by atoms with Gasteiger partial charge in [0.1, 0.15) is 0 Å². The zero-order valence-corrected chi connectivity index (χ0v) is 11.8. The van der Waals surface area contributed by atoms with Gasteiger partial charge in [0, 0.05) is 24.6 Å². The van der Waals surface area contributed by atoms with Gasteiger partial charge >= 0.3 is 5.97 Å². The van der Waals surface area contributed by atoms with E-state index in [4.69, 9.17) is 9.47 Å². The van der Waals surface area contributed by atoms with E-state index in [0.29, 0.717) is 6.10 Å². The lowest BCUT2D eigenvalue weighted by atomic mass is 10.2. The molecular weight excluding hydrogens is 238 g/mol. The van der Waals surface area contributed by atoms with E-state index in [9.17, 15) is 4.79 Å². The molecule has 1 rings (SSSR count). The molecule has 0 amide bonds. The summed E-state index contributed by atoms with van der Waals surface area (Å²) < 4.78 is 10.4. The maximum absolute atomic E-state index is 11.2. The van der Waals surface area contributed by atoms with Gasteiger partial charge in [-0.1, -0.05) is 13.8 Å². The quantitative estimate of drug-likeness (QED) is 0.673. The standard InChI is InChI=1S/C12H23NO3S/c1-4-13-5-6-16-11(7-13)9-17-8-10(2)12(14)15-3/h10-11H,4-9H2,1-3H3. The Balaban J connectivity index is 2.15. The van der Waals surface area contributed by atoms with Gasteiger partial charge in [0.15, 0.2) is 0 Å². The van der Waals surface area contributed by atoms with Crippen molar-refractivity contribution >= 4 is 17.7 Å². The molecule has 0 bridgehead atoms. The van der Waals surface area contributed by atoms with Gasteiger partial charge in [0.05, 0.1) is 25.7 Å². The number of hydrogen-bond donors (Lipinski definition) is 0. The van der Waals surface area contributed by atoms with Crippen molar-refractivity contribution in [3.63, 3.8) is 0 Å². The Morgan fingerprint density at radius 2 is 2.41 bits per heavy atom. The average Bonchev–Trinajstić information content (AvgIpc) is 2.37. The van der Waals surface area contributed by atoms with Crippen LogP contribution in [0.4, 0.5) is 0 Å². The number of carbonyl (C=O) groups is 1. The Bertz CT molecular complexity index is 238. The summed E-state index contributed by atoms with van der Waals surface area (Å²) in [5, 5.41) is 0. The van der Waals surface area contributed by atoms with Gasteiger partial charge in [-0.25, -0.2) is 0 Å². The van der Waals surface area contributed by atoms with Crippen molar-refractivity contribution in [2.75, 3.05) is 44.9 Å². The Morgan fingerprint density at radius 1 is 1.65 bits per heavy atom. The van der Waals surface area contributed by atoms with Crippen LogP contribution < -0.4 is 0 Å². The summed E-state index contributed by atoms with van der Waals surface area (Å²) in [5.41, 5.74) is 0. The van der Waals surface area contributed by atoms with Gasteiger partial charge in [-0.15, -0.1) is 0 Å². The molecule has 0 aromatic heterocycles. The van der Waals surface area contributed by atoms with E-state index in [0.717, 1.165) is 37.7 Å². The molecule has 0 aliphatic carbocycles. The number of nitrogens with zero attached hydrogens (tertiary/aromatic N) is 1. The van der Waals surface area contributed by atoms with Crippen LogP contribution in [0, 0.1) is 5.92 Å². The van der Waals surface area contributed by atoms with Crippen LogP contribution in [0.3, 0.4) is 0 Å². The summed E-state index contributed by atoms with van der Waals surface area (Å²) in [6.07, 6.45) is 0.304. The largest absolute Gasteiger partial charge is 0.469 e.